The van der Waals surface area contributed by atoms with Crippen molar-refractivity contribution in [3.63, 3.8) is 0 Å². The van der Waals surface area contributed by atoms with Gasteiger partial charge in [0.15, 0.2) is 0 Å². The molecule has 0 atom stereocenters. The zero-order valence-corrected chi connectivity index (χ0v) is 18.4. The minimum Gasteiger partial charge on any atom is -0.368 e. The SMILES string of the molecule is Cc1cnc(C(=O)N(CCC(=O)N2CCN(c3cccc(C(F)(F)F)c3)CC2)C2CC2)cn1. The van der Waals surface area contributed by atoms with Gasteiger partial charge < -0.3 is 14.7 Å². The first-order chi connectivity index (χ1) is 15.7. The number of carbonyl (C=O) groups is 2. The largest absolute Gasteiger partial charge is 0.416 e. The fourth-order valence-electron chi connectivity index (χ4n) is 3.95. The van der Waals surface area contributed by atoms with Gasteiger partial charge in [-0.15, -0.1) is 0 Å². The average molecular weight is 461 g/mol. The number of hydrogen-bond donors (Lipinski definition) is 0. The molecule has 2 aliphatic rings. The molecule has 1 saturated carbocycles. The lowest BCUT2D eigenvalue weighted by Crippen LogP contribution is -2.49. The van der Waals surface area contributed by atoms with Crippen molar-refractivity contribution in [3.8, 4) is 0 Å². The van der Waals surface area contributed by atoms with E-state index in [-0.39, 0.29) is 30.0 Å². The Kier molecular flexibility index (Phi) is 6.53. The molecule has 2 fully saturated rings. The van der Waals surface area contributed by atoms with E-state index in [1.54, 1.807) is 29.0 Å². The Morgan fingerprint density at radius 1 is 1.09 bits per heavy atom. The normalized spacial score (nSPS) is 16.6. The molecular formula is C23H26F3N5O2. The van der Waals surface area contributed by atoms with Crippen molar-refractivity contribution < 1.29 is 22.8 Å². The molecule has 0 radical (unpaired) electrons. The molecule has 1 aliphatic carbocycles. The van der Waals surface area contributed by atoms with Gasteiger partial charge in [-0.05, 0) is 38.0 Å². The molecular weight excluding hydrogens is 435 g/mol. The Hall–Kier alpha value is -3.17. The molecule has 0 bridgehead atoms. The molecule has 0 spiro atoms. The monoisotopic (exact) mass is 461 g/mol. The van der Waals surface area contributed by atoms with Crippen LogP contribution in [0.2, 0.25) is 0 Å². The van der Waals surface area contributed by atoms with Crippen molar-refractivity contribution in [2.24, 2.45) is 0 Å². The minimum absolute atomic E-state index is 0.0628. The number of benzene rings is 1. The van der Waals surface area contributed by atoms with Gasteiger partial charge in [0, 0.05) is 57.1 Å². The maximum Gasteiger partial charge on any atom is 0.416 e. The molecule has 1 saturated heterocycles. The van der Waals surface area contributed by atoms with Gasteiger partial charge in [-0.2, -0.15) is 13.2 Å². The van der Waals surface area contributed by atoms with Crippen molar-refractivity contribution in [1.82, 2.24) is 19.8 Å². The highest BCUT2D eigenvalue weighted by molar-refractivity contribution is 5.92. The zero-order valence-electron chi connectivity index (χ0n) is 18.4. The molecule has 2 amide bonds. The van der Waals surface area contributed by atoms with Crippen LogP contribution in [0.5, 0.6) is 0 Å². The number of carbonyl (C=O) groups excluding carboxylic acids is 2. The first-order valence-corrected chi connectivity index (χ1v) is 11.0. The van der Waals surface area contributed by atoms with E-state index in [2.05, 4.69) is 9.97 Å². The molecule has 1 aliphatic heterocycles. The number of amides is 2. The van der Waals surface area contributed by atoms with Crippen LogP contribution in [0.1, 0.15) is 41.0 Å². The lowest BCUT2D eigenvalue weighted by molar-refractivity contribution is -0.137. The number of nitrogens with zero attached hydrogens (tertiary/aromatic N) is 5. The van der Waals surface area contributed by atoms with Crippen LogP contribution < -0.4 is 4.90 Å². The predicted octanol–water partition coefficient (Wildman–Crippen LogP) is 3.15. The van der Waals surface area contributed by atoms with Crippen LogP contribution in [0.4, 0.5) is 18.9 Å². The second-order valence-corrected chi connectivity index (χ2v) is 8.44. The van der Waals surface area contributed by atoms with Crippen molar-refractivity contribution in [2.45, 2.75) is 38.4 Å². The fourth-order valence-corrected chi connectivity index (χ4v) is 3.95. The number of piperazine rings is 1. The summed E-state index contributed by atoms with van der Waals surface area (Å²) >= 11 is 0. The summed E-state index contributed by atoms with van der Waals surface area (Å²) in [6.07, 6.45) is 0.646. The quantitative estimate of drug-likeness (QED) is 0.661. The molecule has 7 nitrogen and oxygen atoms in total. The highest BCUT2D eigenvalue weighted by Gasteiger charge is 2.35. The van der Waals surface area contributed by atoms with Crippen molar-refractivity contribution in [2.75, 3.05) is 37.6 Å². The second-order valence-electron chi connectivity index (χ2n) is 8.44. The summed E-state index contributed by atoms with van der Waals surface area (Å²) in [5, 5.41) is 0. The number of anilines is 1. The van der Waals surface area contributed by atoms with Crippen LogP contribution in [0.15, 0.2) is 36.7 Å². The molecule has 1 aromatic heterocycles. The molecule has 176 valence electrons. The molecule has 2 aromatic rings. The van der Waals surface area contributed by atoms with Gasteiger partial charge in [0.05, 0.1) is 17.5 Å². The number of halogens is 3. The predicted molar refractivity (Wildman–Crippen MR) is 116 cm³/mol. The van der Waals surface area contributed by atoms with Crippen LogP contribution in [0.25, 0.3) is 0 Å². The third-order valence-corrected chi connectivity index (χ3v) is 5.99. The van der Waals surface area contributed by atoms with E-state index in [0.717, 1.165) is 30.7 Å². The molecule has 10 heteroatoms. The summed E-state index contributed by atoms with van der Waals surface area (Å²) in [7, 11) is 0. The van der Waals surface area contributed by atoms with Gasteiger partial charge in [-0.25, -0.2) is 4.98 Å². The van der Waals surface area contributed by atoms with E-state index in [4.69, 9.17) is 0 Å². The Balaban J connectivity index is 1.31. The molecule has 4 rings (SSSR count). The van der Waals surface area contributed by atoms with Crippen LogP contribution in [-0.4, -0.2) is 70.3 Å². The Bertz CT molecular complexity index is 1000. The maximum absolute atomic E-state index is 13.0. The fraction of sp³-hybridized carbons (Fsp3) is 0.478. The first-order valence-electron chi connectivity index (χ1n) is 11.0. The molecule has 1 aromatic carbocycles. The van der Waals surface area contributed by atoms with Gasteiger partial charge in [0.25, 0.3) is 5.91 Å². The lowest BCUT2D eigenvalue weighted by Gasteiger charge is -2.36. The summed E-state index contributed by atoms with van der Waals surface area (Å²) in [5.74, 6) is -0.278. The Morgan fingerprint density at radius 2 is 1.82 bits per heavy atom. The van der Waals surface area contributed by atoms with Gasteiger partial charge in [0.1, 0.15) is 5.69 Å². The Labute approximate surface area is 190 Å². The van der Waals surface area contributed by atoms with Gasteiger partial charge in [-0.3, -0.25) is 14.6 Å². The Morgan fingerprint density at radius 3 is 2.42 bits per heavy atom. The van der Waals surface area contributed by atoms with E-state index in [1.165, 1.54) is 12.3 Å². The van der Waals surface area contributed by atoms with E-state index < -0.39 is 11.7 Å². The number of alkyl halides is 3. The molecule has 2 heterocycles. The van der Waals surface area contributed by atoms with Crippen LogP contribution in [0, 0.1) is 6.92 Å². The number of aryl methyl sites for hydroxylation is 1. The van der Waals surface area contributed by atoms with Gasteiger partial charge in [0.2, 0.25) is 5.91 Å². The van der Waals surface area contributed by atoms with E-state index in [0.29, 0.717) is 38.4 Å². The van der Waals surface area contributed by atoms with Crippen molar-refractivity contribution >= 4 is 17.5 Å². The van der Waals surface area contributed by atoms with Crippen LogP contribution in [-0.2, 0) is 11.0 Å². The smallest absolute Gasteiger partial charge is 0.368 e. The number of hydrogen-bond acceptors (Lipinski definition) is 5. The summed E-state index contributed by atoms with van der Waals surface area (Å²) < 4.78 is 39.0. The van der Waals surface area contributed by atoms with Gasteiger partial charge >= 0.3 is 6.18 Å². The van der Waals surface area contributed by atoms with Crippen molar-refractivity contribution in [3.05, 3.63) is 53.6 Å². The molecule has 33 heavy (non-hydrogen) atoms. The third-order valence-electron chi connectivity index (χ3n) is 5.99. The van der Waals surface area contributed by atoms with E-state index in [1.807, 2.05) is 4.90 Å². The lowest BCUT2D eigenvalue weighted by atomic mass is 10.1. The summed E-state index contributed by atoms with van der Waals surface area (Å²) in [6.45, 7) is 3.87. The van der Waals surface area contributed by atoms with E-state index >= 15 is 0 Å². The molecule has 0 N–H and O–H groups in total. The second kappa shape index (κ2) is 9.36. The van der Waals surface area contributed by atoms with Gasteiger partial charge in [-0.1, -0.05) is 6.07 Å². The van der Waals surface area contributed by atoms with Crippen LogP contribution in [0.3, 0.4) is 0 Å². The zero-order chi connectivity index (χ0) is 23.6. The molecule has 0 unspecified atom stereocenters. The average Bonchev–Trinajstić information content (AvgIpc) is 3.64. The highest BCUT2D eigenvalue weighted by atomic mass is 19.4. The maximum atomic E-state index is 13.0. The summed E-state index contributed by atoms with van der Waals surface area (Å²) in [6, 6.07) is 5.38. The topological polar surface area (TPSA) is 69.6 Å². The van der Waals surface area contributed by atoms with E-state index in [9.17, 15) is 22.8 Å². The standard InChI is InChI=1S/C23H26F3N5O2/c1-16-14-28-20(15-27-16)22(33)31(18-5-6-18)8-7-21(32)30-11-9-29(10-12-30)19-4-2-3-17(13-19)23(24,25)26/h2-4,13-15,18H,5-12H2,1H3. The summed E-state index contributed by atoms with van der Waals surface area (Å²) in [5.41, 5.74) is 0.821. The first kappa shape index (κ1) is 23.0. The minimum atomic E-state index is -4.39. The van der Waals surface area contributed by atoms with Crippen molar-refractivity contribution in [1.29, 1.82) is 0 Å². The number of rotatable bonds is 6. The third kappa shape index (κ3) is 5.61. The summed E-state index contributed by atoms with van der Waals surface area (Å²) in [4.78, 5) is 39.2. The van der Waals surface area contributed by atoms with Crippen LogP contribution >= 0.6 is 0 Å². The highest BCUT2D eigenvalue weighted by Crippen LogP contribution is 2.32. The number of aromatic nitrogens is 2.